The van der Waals surface area contributed by atoms with Gasteiger partial charge >= 0.3 is 0 Å². The molecular formula is C13H18BrNO2. The minimum Gasteiger partial charge on any atom is -0.496 e. The summed E-state index contributed by atoms with van der Waals surface area (Å²) in [7, 11) is 1.63. The maximum atomic E-state index is 11.4. The van der Waals surface area contributed by atoms with Crippen LogP contribution in [0.5, 0.6) is 5.75 Å². The van der Waals surface area contributed by atoms with Gasteiger partial charge < -0.3 is 10.1 Å². The van der Waals surface area contributed by atoms with Crippen LogP contribution in [0.2, 0.25) is 0 Å². The zero-order chi connectivity index (χ0) is 12.7. The van der Waals surface area contributed by atoms with Crippen molar-refractivity contribution in [3.63, 3.8) is 0 Å². The van der Waals surface area contributed by atoms with Crippen LogP contribution in [0.3, 0.4) is 0 Å². The van der Waals surface area contributed by atoms with Crippen molar-refractivity contribution in [2.24, 2.45) is 0 Å². The van der Waals surface area contributed by atoms with Crippen molar-refractivity contribution in [1.82, 2.24) is 5.32 Å². The van der Waals surface area contributed by atoms with Crippen LogP contribution in [-0.4, -0.2) is 13.0 Å². The van der Waals surface area contributed by atoms with E-state index in [2.05, 4.69) is 28.2 Å². The van der Waals surface area contributed by atoms with Crippen molar-refractivity contribution < 1.29 is 9.53 Å². The highest BCUT2D eigenvalue weighted by Gasteiger charge is 2.03. The Bertz CT molecular complexity index is 380. The van der Waals surface area contributed by atoms with Gasteiger partial charge in [-0.25, -0.2) is 0 Å². The highest BCUT2D eigenvalue weighted by molar-refractivity contribution is 9.10. The summed E-state index contributed by atoms with van der Waals surface area (Å²) in [6, 6.07) is 5.79. The second kappa shape index (κ2) is 7.33. The molecule has 4 heteroatoms. The summed E-state index contributed by atoms with van der Waals surface area (Å²) < 4.78 is 6.05. The first-order valence-electron chi connectivity index (χ1n) is 5.76. The van der Waals surface area contributed by atoms with Gasteiger partial charge in [-0.2, -0.15) is 0 Å². The second-order valence-electron chi connectivity index (χ2n) is 3.85. The molecule has 17 heavy (non-hydrogen) atoms. The number of rotatable bonds is 6. The third-order valence-electron chi connectivity index (χ3n) is 2.46. The van der Waals surface area contributed by atoms with Gasteiger partial charge in [-0.3, -0.25) is 4.79 Å². The third kappa shape index (κ3) is 4.77. The number of benzene rings is 1. The Hall–Kier alpha value is -1.03. The van der Waals surface area contributed by atoms with Gasteiger partial charge in [0.25, 0.3) is 0 Å². The lowest BCUT2D eigenvalue weighted by Crippen LogP contribution is -2.22. The van der Waals surface area contributed by atoms with Gasteiger partial charge in [0.15, 0.2) is 0 Å². The first-order valence-corrected chi connectivity index (χ1v) is 6.55. The van der Waals surface area contributed by atoms with E-state index in [-0.39, 0.29) is 5.91 Å². The Balaban J connectivity index is 2.47. The van der Waals surface area contributed by atoms with Gasteiger partial charge in [0.05, 0.1) is 11.6 Å². The zero-order valence-corrected chi connectivity index (χ0v) is 11.8. The molecule has 1 aromatic rings. The van der Waals surface area contributed by atoms with Crippen LogP contribution in [0.15, 0.2) is 22.7 Å². The fourth-order valence-corrected chi connectivity index (χ4v) is 2.03. The minimum atomic E-state index is 0.110. The van der Waals surface area contributed by atoms with Crippen LogP contribution in [0.1, 0.15) is 31.7 Å². The van der Waals surface area contributed by atoms with Gasteiger partial charge in [0.1, 0.15) is 5.75 Å². The predicted molar refractivity (Wildman–Crippen MR) is 72.1 cm³/mol. The molecule has 1 aromatic carbocycles. The summed E-state index contributed by atoms with van der Waals surface area (Å²) in [5.74, 6) is 0.907. The summed E-state index contributed by atoms with van der Waals surface area (Å²) in [5.41, 5.74) is 1.06. The monoisotopic (exact) mass is 299 g/mol. The number of hydrogen-bond donors (Lipinski definition) is 1. The normalized spacial score (nSPS) is 10.1. The highest BCUT2D eigenvalue weighted by atomic mass is 79.9. The molecule has 0 bridgehead atoms. The molecule has 0 fully saturated rings. The molecule has 0 radical (unpaired) electrons. The van der Waals surface area contributed by atoms with E-state index in [9.17, 15) is 4.79 Å². The van der Waals surface area contributed by atoms with Crippen molar-refractivity contribution in [2.75, 3.05) is 7.11 Å². The topological polar surface area (TPSA) is 38.3 Å². The Labute approximate surface area is 111 Å². The van der Waals surface area contributed by atoms with Crippen molar-refractivity contribution in [2.45, 2.75) is 32.7 Å². The largest absolute Gasteiger partial charge is 0.496 e. The summed E-state index contributed by atoms with van der Waals surface area (Å²) in [4.78, 5) is 11.4. The molecule has 1 N–H and O–H groups in total. The van der Waals surface area contributed by atoms with Crippen molar-refractivity contribution in [3.8, 4) is 5.75 Å². The summed E-state index contributed by atoms with van der Waals surface area (Å²) in [6.07, 6.45) is 2.59. The third-order valence-corrected chi connectivity index (χ3v) is 3.08. The van der Waals surface area contributed by atoms with Crippen molar-refractivity contribution >= 4 is 21.8 Å². The first kappa shape index (κ1) is 14.0. The Morgan fingerprint density at radius 1 is 1.47 bits per heavy atom. The molecule has 94 valence electrons. The molecule has 0 saturated heterocycles. The molecule has 0 saturated carbocycles. The Morgan fingerprint density at radius 3 is 2.82 bits per heavy atom. The SMILES string of the molecule is CCCCC(=O)NCc1ccc(OC)c(Br)c1. The number of amides is 1. The molecule has 0 spiro atoms. The van der Waals surface area contributed by atoms with E-state index in [1.807, 2.05) is 18.2 Å². The standard InChI is InChI=1S/C13H18BrNO2/c1-3-4-5-13(16)15-9-10-6-7-12(17-2)11(14)8-10/h6-8H,3-5,9H2,1-2H3,(H,15,16). The first-order chi connectivity index (χ1) is 8.17. The minimum absolute atomic E-state index is 0.110. The van der Waals surface area contributed by atoms with E-state index in [1.54, 1.807) is 7.11 Å². The highest BCUT2D eigenvalue weighted by Crippen LogP contribution is 2.25. The lowest BCUT2D eigenvalue weighted by atomic mass is 10.2. The Morgan fingerprint density at radius 2 is 2.24 bits per heavy atom. The summed E-state index contributed by atoms with van der Waals surface area (Å²) >= 11 is 3.42. The van der Waals surface area contributed by atoms with E-state index in [4.69, 9.17) is 4.74 Å². The quantitative estimate of drug-likeness (QED) is 0.875. The van der Waals surface area contributed by atoms with E-state index in [0.29, 0.717) is 13.0 Å². The van der Waals surface area contributed by atoms with Crippen molar-refractivity contribution in [1.29, 1.82) is 0 Å². The average Bonchev–Trinajstić information content (AvgIpc) is 2.34. The van der Waals surface area contributed by atoms with E-state index < -0.39 is 0 Å². The van der Waals surface area contributed by atoms with Crippen LogP contribution in [0.4, 0.5) is 0 Å². The molecule has 0 aromatic heterocycles. The van der Waals surface area contributed by atoms with Crippen molar-refractivity contribution in [3.05, 3.63) is 28.2 Å². The summed E-state index contributed by atoms with van der Waals surface area (Å²) in [5, 5.41) is 2.90. The van der Waals surface area contributed by atoms with Crippen LogP contribution >= 0.6 is 15.9 Å². The van der Waals surface area contributed by atoms with Gasteiger partial charge in [0.2, 0.25) is 5.91 Å². The molecule has 0 unspecified atom stereocenters. The molecule has 0 aliphatic rings. The molecule has 1 amide bonds. The second-order valence-corrected chi connectivity index (χ2v) is 4.70. The number of ether oxygens (including phenoxy) is 1. The molecule has 0 aliphatic heterocycles. The average molecular weight is 300 g/mol. The van der Waals surface area contributed by atoms with Gasteiger partial charge in [-0.05, 0) is 40.0 Å². The molecule has 1 rings (SSSR count). The fourth-order valence-electron chi connectivity index (χ4n) is 1.45. The smallest absolute Gasteiger partial charge is 0.220 e. The number of carbonyl (C=O) groups is 1. The lowest BCUT2D eigenvalue weighted by molar-refractivity contribution is -0.121. The maximum Gasteiger partial charge on any atom is 0.220 e. The van der Waals surface area contributed by atoms with E-state index in [1.165, 1.54) is 0 Å². The molecular weight excluding hydrogens is 282 g/mol. The number of hydrogen-bond acceptors (Lipinski definition) is 2. The summed E-state index contributed by atoms with van der Waals surface area (Å²) in [6.45, 7) is 2.64. The van der Waals surface area contributed by atoms with Crippen LogP contribution in [0, 0.1) is 0 Å². The van der Waals surface area contributed by atoms with Crippen LogP contribution < -0.4 is 10.1 Å². The lowest BCUT2D eigenvalue weighted by Gasteiger charge is -2.07. The number of unbranched alkanes of at least 4 members (excludes halogenated alkanes) is 1. The maximum absolute atomic E-state index is 11.4. The van der Waals surface area contributed by atoms with Crippen LogP contribution in [0.25, 0.3) is 0 Å². The zero-order valence-electron chi connectivity index (χ0n) is 10.3. The van der Waals surface area contributed by atoms with Crippen LogP contribution in [-0.2, 0) is 11.3 Å². The van der Waals surface area contributed by atoms with Gasteiger partial charge in [0, 0.05) is 13.0 Å². The van der Waals surface area contributed by atoms with Gasteiger partial charge in [-0.15, -0.1) is 0 Å². The molecule has 3 nitrogen and oxygen atoms in total. The fraction of sp³-hybridized carbons (Fsp3) is 0.462. The molecule has 0 atom stereocenters. The predicted octanol–water partition coefficient (Wildman–Crippen LogP) is 3.26. The van der Waals surface area contributed by atoms with E-state index in [0.717, 1.165) is 28.6 Å². The van der Waals surface area contributed by atoms with Gasteiger partial charge in [-0.1, -0.05) is 19.4 Å². The number of halogens is 1. The molecule has 0 heterocycles. The number of carbonyl (C=O) groups excluding carboxylic acids is 1. The Kier molecular flexibility index (Phi) is 6.05. The number of methoxy groups -OCH3 is 1. The van der Waals surface area contributed by atoms with E-state index >= 15 is 0 Å². The number of nitrogens with one attached hydrogen (secondary N) is 1. The molecule has 0 aliphatic carbocycles.